The lowest BCUT2D eigenvalue weighted by Crippen LogP contribution is -2.25. The molecule has 19 nitrogen and oxygen atoms in total. The normalized spacial score (nSPS) is 13.7. The first-order valence-electron chi connectivity index (χ1n) is 51.5. The number of nitrogens with zero attached hydrogens (tertiary/aromatic N) is 12. The molecule has 0 radical (unpaired) electrons. The molecule has 0 bridgehead atoms. The van der Waals surface area contributed by atoms with Gasteiger partial charge in [0.2, 0.25) is 0 Å². The van der Waals surface area contributed by atoms with E-state index in [1.165, 1.54) is 78.3 Å². The van der Waals surface area contributed by atoms with Crippen molar-refractivity contribution in [2.45, 2.75) is 184 Å². The summed E-state index contributed by atoms with van der Waals surface area (Å²) in [7, 11) is 1.62. The number of rotatable bonds is 9. The SMILES string of the molecule is CCCc1cnc2cc(C#Cc3cccc(C)c3)ccn2c1=O.COCCc1cnc2cc(C#Cc3cccc(C)c3)ccn2c1=O.Cc1cccc(C#Cc2ccn3c(=O)c(CC4CC4)cnc3c2)c1.Cc1cccc(C#Cc2ccn3c(=O)c(CC4CCC4)cnc3c2)c1.Cc1cccc(C#Cc2ccn3c(=O)c4c(nc3c2)CCCC(C)C4)c1.Cc1cccc(C#Cc2ccn3c(=O)c4c(nc3c2)CCCCC(C)C4)c1. The highest BCUT2D eigenvalue weighted by molar-refractivity contribution is 5.58. The third-order valence-electron chi connectivity index (χ3n) is 27.0. The van der Waals surface area contributed by atoms with Crippen molar-refractivity contribution >= 4 is 33.9 Å². The summed E-state index contributed by atoms with van der Waals surface area (Å²) in [5, 5.41) is 0. The number of pyridine rings is 6. The number of aromatic nitrogens is 12. The Balaban J connectivity index is 0.000000122. The fraction of sp³-hybridized carbons (Fsp3) is 0.262. The molecular weight excluding hydrogens is 1840 g/mol. The summed E-state index contributed by atoms with van der Waals surface area (Å²) in [5.41, 5.74) is 29.1. The van der Waals surface area contributed by atoms with E-state index in [0.29, 0.717) is 76.1 Å². The monoisotopic (exact) mass is 1960 g/mol. The Kier molecular flexibility index (Phi) is 34.0. The fourth-order valence-electron chi connectivity index (χ4n) is 18.4. The lowest BCUT2D eigenvalue weighted by atomic mass is 9.81. The van der Waals surface area contributed by atoms with Crippen molar-refractivity contribution in [1.82, 2.24) is 56.3 Å². The van der Waals surface area contributed by atoms with Gasteiger partial charge in [0.15, 0.2) is 0 Å². The van der Waals surface area contributed by atoms with Crippen LogP contribution in [0.1, 0.15) is 236 Å². The predicted octanol–water partition coefficient (Wildman–Crippen LogP) is 21.3. The average Bonchev–Trinajstić information content (AvgIpc) is 1.41. The second-order valence-electron chi connectivity index (χ2n) is 39.5. The van der Waals surface area contributed by atoms with Gasteiger partial charge in [0.25, 0.3) is 33.4 Å². The third kappa shape index (κ3) is 27.7. The summed E-state index contributed by atoms with van der Waals surface area (Å²) in [4.78, 5) is 103. The van der Waals surface area contributed by atoms with Crippen molar-refractivity contribution < 1.29 is 4.74 Å². The highest BCUT2D eigenvalue weighted by Crippen LogP contribution is 2.33. The molecule has 0 N–H and O–H groups in total. The van der Waals surface area contributed by atoms with Gasteiger partial charge in [0, 0.05) is 176 Å². The lowest BCUT2D eigenvalue weighted by Gasteiger charge is -2.24. The van der Waals surface area contributed by atoms with E-state index in [-0.39, 0.29) is 33.4 Å². The van der Waals surface area contributed by atoms with Crippen molar-refractivity contribution in [2.24, 2.45) is 23.7 Å². The minimum atomic E-state index is -0.0600. The van der Waals surface area contributed by atoms with Gasteiger partial charge >= 0.3 is 0 Å². The number of hydrogen-bond donors (Lipinski definition) is 0. The zero-order valence-electron chi connectivity index (χ0n) is 86.2. The van der Waals surface area contributed by atoms with E-state index in [1.807, 2.05) is 190 Å². The molecule has 12 heterocycles. The maximum Gasteiger partial charge on any atom is 0.261 e. The Hall–Kier alpha value is -17.2. The summed E-state index contributed by atoms with van der Waals surface area (Å²) in [6.07, 6.45) is 36.8. The molecule has 2 saturated carbocycles. The van der Waals surface area contributed by atoms with Gasteiger partial charge in [-0.3, -0.25) is 55.2 Å². The van der Waals surface area contributed by atoms with Gasteiger partial charge in [-0.1, -0.05) is 210 Å². The largest absolute Gasteiger partial charge is 0.384 e. The second-order valence-corrected chi connectivity index (χ2v) is 39.5. The molecule has 742 valence electrons. The van der Waals surface area contributed by atoms with Crippen molar-refractivity contribution in [1.29, 1.82) is 0 Å². The van der Waals surface area contributed by atoms with Gasteiger partial charge < -0.3 is 4.74 Å². The highest BCUT2D eigenvalue weighted by atomic mass is 16.5. The molecule has 4 aliphatic rings. The number of hydrogen-bond acceptors (Lipinski definition) is 13. The molecule has 0 saturated heterocycles. The number of benzene rings is 6. The Bertz CT molecular complexity index is 8930. The first-order chi connectivity index (χ1) is 72.4. The smallest absolute Gasteiger partial charge is 0.261 e. The van der Waals surface area contributed by atoms with E-state index in [9.17, 15) is 28.8 Å². The quantitative estimate of drug-likeness (QED) is 0.0972. The summed E-state index contributed by atoms with van der Waals surface area (Å²) in [6, 6.07) is 71.1. The van der Waals surface area contributed by atoms with Gasteiger partial charge in [-0.25, -0.2) is 29.9 Å². The van der Waals surface area contributed by atoms with Gasteiger partial charge in [0.1, 0.15) is 33.9 Å². The molecule has 2 unspecified atom stereocenters. The van der Waals surface area contributed by atoms with E-state index >= 15 is 0 Å². The van der Waals surface area contributed by atoms with E-state index in [2.05, 4.69) is 188 Å². The van der Waals surface area contributed by atoms with Gasteiger partial charge in [-0.05, 0) is 315 Å². The van der Waals surface area contributed by atoms with Crippen LogP contribution in [0, 0.1) is 136 Å². The standard InChI is InChI=1S/C24H24N2O.C23H22N2O.C22H20N2O.C21H18N2O.C20H18N2O2.C20H18N2O/c1-17-7-5-8-19(14-17)10-11-20-12-13-26-23(16-20)25-22-9-4-3-6-18(2)15-21(22)24(26)27;1-16-5-3-7-18(13-16)9-10-19-11-12-25-22(15-19)24-21-8-4-6-17(2)14-20(21)23(25)26;1-16-4-2-5-18(12-16)8-9-19-10-11-24-21(14-19)23-15-20(22(24)25)13-17-6-3-7-17;1-15-3-2-4-16(11-15)5-8-18-9-10-23-20(13-18)22-14-19(21(23)24)12-17-6-7-17;1-15-4-3-5-16(12-15)6-7-17-8-10-22-19(13-17)21-14-18(20(22)23)9-11-24-2;1-3-5-18-14-21-19-13-17(10-11-22(19)20(18)23)9-8-16-7-4-6-15(2)12-16/h5,7-8,12-14,16,18H,3-4,6,9,15H2,1-2H3;3,5,7,11-13,15,17H,4,6,8,14H2,1-2H3;2,4-5,10-12,14-15,17H,3,6-7,13H2,1H3;2-4,9-11,13-14,17H,6-7,12H2,1H3;3-5,8,10,12-14H,9,11H2,1-2H3;4,6-7,10-14H,3,5H2,1-2H3. The summed E-state index contributed by atoms with van der Waals surface area (Å²) < 4.78 is 14.7. The molecule has 18 aromatic rings. The van der Waals surface area contributed by atoms with Gasteiger partial charge in [-0.2, -0.15) is 0 Å². The van der Waals surface area contributed by atoms with Crippen LogP contribution in [0.4, 0.5) is 0 Å². The van der Waals surface area contributed by atoms with Crippen LogP contribution in [-0.2, 0) is 56.1 Å². The van der Waals surface area contributed by atoms with E-state index in [1.54, 1.807) is 89.3 Å². The molecule has 12 aromatic heterocycles. The predicted molar refractivity (Wildman–Crippen MR) is 595 cm³/mol. The van der Waals surface area contributed by atoms with Gasteiger partial charge in [0.05, 0.1) is 18.0 Å². The average molecular weight is 1960 g/mol. The van der Waals surface area contributed by atoms with Crippen LogP contribution in [0.3, 0.4) is 0 Å². The van der Waals surface area contributed by atoms with Crippen molar-refractivity contribution in [2.75, 3.05) is 13.7 Å². The van der Waals surface area contributed by atoms with Crippen LogP contribution in [0.5, 0.6) is 0 Å². The Morgan fingerprint density at radius 1 is 0.289 bits per heavy atom. The minimum absolute atomic E-state index is 0.00930. The van der Waals surface area contributed by atoms with Crippen LogP contribution < -0.4 is 33.4 Å². The zero-order valence-corrected chi connectivity index (χ0v) is 86.2. The van der Waals surface area contributed by atoms with Crippen molar-refractivity contribution in [3.63, 3.8) is 0 Å². The first kappa shape index (κ1) is 103. The number of aryl methyl sites for hydroxylation is 9. The molecule has 4 aliphatic carbocycles. The zero-order chi connectivity index (χ0) is 104. The molecule has 6 aromatic carbocycles. The number of methoxy groups -OCH3 is 1. The van der Waals surface area contributed by atoms with E-state index < -0.39 is 0 Å². The second kappa shape index (κ2) is 49.1. The maximum atomic E-state index is 13.0. The summed E-state index contributed by atoms with van der Waals surface area (Å²) in [6.45, 7) is 19.3. The first-order valence-corrected chi connectivity index (χ1v) is 51.5. The minimum Gasteiger partial charge on any atom is -0.384 e. The Morgan fingerprint density at radius 2 is 0.550 bits per heavy atom. The lowest BCUT2D eigenvalue weighted by molar-refractivity contribution is 0.202. The van der Waals surface area contributed by atoms with E-state index in [0.717, 1.165) is 177 Å². The maximum absolute atomic E-state index is 13.0. The molecule has 19 heteroatoms. The molecular formula is C130H120N12O7. The Morgan fingerprint density at radius 3 is 0.832 bits per heavy atom. The molecule has 2 fully saturated rings. The highest BCUT2D eigenvalue weighted by Gasteiger charge is 2.26. The molecule has 2 atom stereocenters. The van der Waals surface area contributed by atoms with Crippen LogP contribution in [0.25, 0.3) is 33.9 Å². The molecule has 149 heavy (non-hydrogen) atoms. The van der Waals surface area contributed by atoms with Crippen molar-refractivity contribution in [3.05, 3.63) is 487 Å². The molecule has 0 aliphatic heterocycles. The van der Waals surface area contributed by atoms with Crippen LogP contribution in [0.2, 0.25) is 0 Å². The van der Waals surface area contributed by atoms with Gasteiger partial charge in [-0.15, -0.1) is 0 Å². The molecule has 22 rings (SSSR count). The third-order valence-corrected chi connectivity index (χ3v) is 27.0. The topological polar surface area (TPSA) is 215 Å². The van der Waals surface area contributed by atoms with Crippen LogP contribution in [-0.4, -0.2) is 70.0 Å². The van der Waals surface area contributed by atoms with E-state index in [4.69, 9.17) is 14.7 Å². The number of fused-ring (bicyclic) bond motifs is 8. The Labute approximate surface area is 869 Å². The number of ether oxygens (including phenoxy) is 1. The summed E-state index contributed by atoms with van der Waals surface area (Å²) in [5.74, 6) is 40.4. The molecule has 0 spiro atoms. The van der Waals surface area contributed by atoms with Crippen LogP contribution >= 0.6 is 0 Å². The summed E-state index contributed by atoms with van der Waals surface area (Å²) >= 11 is 0. The van der Waals surface area contributed by atoms with Crippen LogP contribution in [0.15, 0.2) is 309 Å². The molecule has 0 amide bonds. The van der Waals surface area contributed by atoms with Crippen molar-refractivity contribution in [3.8, 4) is 71.0 Å². The fourth-order valence-corrected chi connectivity index (χ4v) is 18.4.